The molecule has 0 spiro atoms. The first-order chi connectivity index (χ1) is 17.3. The maximum absolute atomic E-state index is 14.0. The van der Waals surface area contributed by atoms with E-state index in [0.29, 0.717) is 24.1 Å². The molecule has 0 saturated heterocycles. The highest BCUT2D eigenvalue weighted by molar-refractivity contribution is 6.47. The highest BCUT2D eigenvalue weighted by Gasteiger charge is 2.31. The zero-order chi connectivity index (χ0) is 27.4. The van der Waals surface area contributed by atoms with Crippen molar-refractivity contribution in [1.82, 2.24) is 20.2 Å². The highest BCUT2D eigenvalue weighted by atomic mass is 35.5. The second-order valence-electron chi connectivity index (χ2n) is 8.93. The number of hydrogen-bond acceptors (Lipinski definition) is 5. The molecule has 37 heavy (non-hydrogen) atoms. The summed E-state index contributed by atoms with van der Waals surface area (Å²) < 4.78 is 38.2. The van der Waals surface area contributed by atoms with Gasteiger partial charge < -0.3 is 20.1 Å². The van der Waals surface area contributed by atoms with Gasteiger partial charge in [-0.25, -0.2) is 13.6 Å². The van der Waals surface area contributed by atoms with Gasteiger partial charge in [0, 0.05) is 19.5 Å². The molecule has 0 radical (unpaired) electrons. The van der Waals surface area contributed by atoms with E-state index in [4.69, 9.17) is 32.7 Å². The Kier molecular flexibility index (Phi) is 8.86. The van der Waals surface area contributed by atoms with Gasteiger partial charge in [-0.05, 0) is 38.5 Å². The fraction of sp³-hybridized carbons (Fsp3) is 0.400. The van der Waals surface area contributed by atoms with Crippen LogP contribution in [-0.2, 0) is 11.3 Å². The van der Waals surface area contributed by atoms with E-state index in [2.05, 4.69) is 15.7 Å². The van der Waals surface area contributed by atoms with Crippen molar-refractivity contribution in [1.29, 1.82) is 0 Å². The number of carbonyl (C=O) groups excluding carboxylic acids is 2. The van der Waals surface area contributed by atoms with Crippen molar-refractivity contribution in [2.24, 2.45) is 0 Å². The molecular formula is C25H28Cl2F2N4O4. The molecule has 1 atom stereocenters. The van der Waals surface area contributed by atoms with E-state index in [0.717, 1.165) is 12.1 Å². The molecule has 0 aliphatic heterocycles. The van der Waals surface area contributed by atoms with Gasteiger partial charge in [-0.1, -0.05) is 48.7 Å². The molecule has 2 heterocycles. The Morgan fingerprint density at radius 3 is 2.38 bits per heavy atom. The van der Waals surface area contributed by atoms with E-state index in [9.17, 15) is 18.4 Å². The van der Waals surface area contributed by atoms with Crippen molar-refractivity contribution >= 4 is 40.7 Å². The van der Waals surface area contributed by atoms with Crippen LogP contribution < -0.4 is 15.4 Å². The number of fused-ring (bicyclic) bond motifs is 1. The quantitative estimate of drug-likeness (QED) is 0.314. The van der Waals surface area contributed by atoms with Crippen molar-refractivity contribution in [3.8, 4) is 5.88 Å². The molecule has 3 aromatic rings. The standard InChI is InChI=1S/C25H28Cl2F2N4O4/c1-5-12-24(3,31-23(35)37-25(4,26)27)14-30-22(34)21-15(2)32-33-19(21)10-7-11-20(33)36-13-16-17(28)8-6-9-18(16)29/h6-11H,5,12-14H2,1-4H3,(H,30,34)(H,31,35). The summed E-state index contributed by atoms with van der Waals surface area (Å²) in [6, 6.07) is 8.46. The molecule has 0 saturated carbocycles. The highest BCUT2D eigenvalue weighted by Crippen LogP contribution is 2.24. The van der Waals surface area contributed by atoms with Gasteiger partial charge in [0.1, 0.15) is 18.2 Å². The average molecular weight is 557 g/mol. The van der Waals surface area contributed by atoms with Crippen LogP contribution in [0.3, 0.4) is 0 Å². The molecule has 2 N–H and O–H groups in total. The van der Waals surface area contributed by atoms with Gasteiger partial charge in [-0.2, -0.15) is 9.61 Å². The van der Waals surface area contributed by atoms with Gasteiger partial charge in [-0.15, -0.1) is 0 Å². The third kappa shape index (κ3) is 7.23. The molecule has 2 aromatic heterocycles. The maximum Gasteiger partial charge on any atom is 0.410 e. The molecule has 1 aromatic carbocycles. The van der Waals surface area contributed by atoms with Crippen LogP contribution in [0.1, 0.15) is 55.2 Å². The molecule has 0 fully saturated rings. The molecule has 200 valence electrons. The minimum absolute atomic E-state index is 0.0790. The zero-order valence-corrected chi connectivity index (χ0v) is 22.3. The van der Waals surface area contributed by atoms with Gasteiger partial charge in [0.15, 0.2) is 0 Å². The van der Waals surface area contributed by atoms with Crippen LogP contribution >= 0.6 is 23.2 Å². The fourth-order valence-corrected chi connectivity index (χ4v) is 4.05. The Labute approximate surface area is 223 Å². The molecule has 0 aliphatic rings. The van der Waals surface area contributed by atoms with Crippen LogP contribution in [0.25, 0.3) is 5.52 Å². The summed E-state index contributed by atoms with van der Waals surface area (Å²) >= 11 is 11.5. The third-order valence-corrected chi connectivity index (χ3v) is 5.72. The number of aromatic nitrogens is 2. The monoisotopic (exact) mass is 556 g/mol. The summed E-state index contributed by atoms with van der Waals surface area (Å²) in [5.41, 5.74) is 0.0702. The van der Waals surface area contributed by atoms with Crippen LogP contribution in [0.5, 0.6) is 5.88 Å². The number of rotatable bonds is 10. The number of aryl methyl sites for hydroxylation is 1. The van der Waals surface area contributed by atoms with Gasteiger partial charge in [0.05, 0.1) is 27.9 Å². The van der Waals surface area contributed by atoms with E-state index in [1.807, 2.05) is 6.92 Å². The molecule has 2 amide bonds. The van der Waals surface area contributed by atoms with E-state index >= 15 is 0 Å². The van der Waals surface area contributed by atoms with Crippen LogP contribution in [0.15, 0.2) is 36.4 Å². The van der Waals surface area contributed by atoms with E-state index in [1.54, 1.807) is 32.0 Å². The number of ether oxygens (including phenoxy) is 2. The van der Waals surface area contributed by atoms with Gasteiger partial charge in [0.25, 0.3) is 10.4 Å². The first-order valence-electron chi connectivity index (χ1n) is 11.5. The SMILES string of the molecule is CCCC(C)(CNC(=O)c1c(C)nn2c(OCc3c(F)cccc3F)cccc12)NC(=O)OC(C)(Cl)Cl. The normalized spacial score (nSPS) is 13.2. The molecular weight excluding hydrogens is 529 g/mol. The summed E-state index contributed by atoms with van der Waals surface area (Å²) in [6.07, 6.45) is 0.421. The second-order valence-corrected chi connectivity index (χ2v) is 10.6. The lowest BCUT2D eigenvalue weighted by Gasteiger charge is -2.31. The summed E-state index contributed by atoms with van der Waals surface area (Å²) in [7, 11) is 0. The Hall–Kier alpha value is -3.11. The van der Waals surface area contributed by atoms with E-state index in [1.165, 1.54) is 17.5 Å². The number of alkyl carbamates (subject to hydrolysis) is 1. The smallest absolute Gasteiger partial charge is 0.410 e. The predicted molar refractivity (Wildman–Crippen MR) is 136 cm³/mol. The Bertz CT molecular complexity index is 1280. The van der Waals surface area contributed by atoms with E-state index < -0.39 is 33.7 Å². The minimum atomic E-state index is -1.70. The lowest BCUT2D eigenvalue weighted by molar-refractivity contribution is 0.0918. The van der Waals surface area contributed by atoms with Gasteiger partial charge in [-0.3, -0.25) is 4.79 Å². The Morgan fingerprint density at radius 1 is 1.11 bits per heavy atom. The maximum atomic E-state index is 14.0. The lowest BCUT2D eigenvalue weighted by Crippen LogP contribution is -2.54. The summed E-state index contributed by atoms with van der Waals surface area (Å²) in [5, 5.41) is 9.93. The van der Waals surface area contributed by atoms with Crippen LogP contribution in [0.2, 0.25) is 0 Å². The number of pyridine rings is 1. The molecule has 1 unspecified atom stereocenters. The van der Waals surface area contributed by atoms with Crippen molar-refractivity contribution in [3.05, 3.63) is 64.9 Å². The number of halogens is 4. The summed E-state index contributed by atoms with van der Waals surface area (Å²) in [4.78, 5) is 25.4. The van der Waals surface area contributed by atoms with Crippen molar-refractivity contribution in [2.75, 3.05) is 6.54 Å². The number of nitrogens with zero attached hydrogens (tertiary/aromatic N) is 2. The molecule has 8 nitrogen and oxygen atoms in total. The lowest BCUT2D eigenvalue weighted by atomic mass is 9.96. The summed E-state index contributed by atoms with van der Waals surface area (Å²) in [5.74, 6) is -1.67. The van der Waals surface area contributed by atoms with Crippen LogP contribution in [-0.4, -0.2) is 38.2 Å². The molecule has 0 aliphatic carbocycles. The molecule has 0 bridgehead atoms. The number of amides is 2. The largest absolute Gasteiger partial charge is 0.473 e. The summed E-state index contributed by atoms with van der Waals surface area (Å²) in [6.45, 7) is 6.38. The van der Waals surface area contributed by atoms with Crippen molar-refractivity contribution < 1.29 is 27.8 Å². The van der Waals surface area contributed by atoms with Crippen molar-refractivity contribution in [2.45, 2.75) is 57.2 Å². The first-order valence-corrected chi connectivity index (χ1v) is 12.3. The predicted octanol–water partition coefficient (Wildman–Crippen LogP) is 5.67. The van der Waals surface area contributed by atoms with Crippen molar-refractivity contribution in [3.63, 3.8) is 0 Å². The zero-order valence-electron chi connectivity index (χ0n) is 20.8. The van der Waals surface area contributed by atoms with Crippen LogP contribution in [0.4, 0.5) is 13.6 Å². The number of benzene rings is 1. The van der Waals surface area contributed by atoms with Gasteiger partial charge in [0.2, 0.25) is 5.88 Å². The molecule has 12 heteroatoms. The second kappa shape index (κ2) is 11.5. The topological polar surface area (TPSA) is 94.0 Å². The number of hydrogen-bond donors (Lipinski definition) is 2. The Balaban J connectivity index is 1.78. The number of nitrogens with one attached hydrogen (secondary N) is 2. The minimum Gasteiger partial charge on any atom is -0.473 e. The number of alkyl halides is 2. The Morgan fingerprint density at radius 2 is 1.76 bits per heavy atom. The van der Waals surface area contributed by atoms with E-state index in [-0.39, 0.29) is 30.2 Å². The average Bonchev–Trinajstić information content (AvgIpc) is 3.12. The first kappa shape index (κ1) is 28.5. The molecule has 3 rings (SSSR count). The third-order valence-electron chi connectivity index (χ3n) is 5.57. The fourth-order valence-electron chi connectivity index (χ4n) is 3.91. The van der Waals surface area contributed by atoms with Gasteiger partial charge >= 0.3 is 6.09 Å². The van der Waals surface area contributed by atoms with Crippen LogP contribution in [0, 0.1) is 18.6 Å². The number of carbonyl (C=O) groups is 2.